The van der Waals surface area contributed by atoms with E-state index in [1.54, 1.807) is 24.5 Å². The zero-order valence-corrected chi connectivity index (χ0v) is 18.3. The number of aryl methyl sites for hydroxylation is 1. The molecule has 1 amide bonds. The molecule has 0 saturated carbocycles. The van der Waals surface area contributed by atoms with E-state index in [0.717, 1.165) is 17.1 Å². The Morgan fingerprint density at radius 1 is 1.12 bits per heavy atom. The maximum Gasteiger partial charge on any atom is 0.234 e. The molecule has 2 aromatic carbocycles. The van der Waals surface area contributed by atoms with Crippen LogP contribution < -0.4 is 10.1 Å². The summed E-state index contributed by atoms with van der Waals surface area (Å²) < 4.78 is 13.1. The Morgan fingerprint density at radius 3 is 2.56 bits per heavy atom. The molecule has 0 bridgehead atoms. The van der Waals surface area contributed by atoms with E-state index in [1.807, 2.05) is 60.0 Å². The predicted molar refractivity (Wildman–Crippen MR) is 125 cm³/mol. The van der Waals surface area contributed by atoms with E-state index in [1.165, 1.54) is 11.8 Å². The average Bonchev–Trinajstić information content (AvgIpc) is 3.40. The molecule has 0 radical (unpaired) electrons. The van der Waals surface area contributed by atoms with E-state index in [0.29, 0.717) is 29.0 Å². The Balaban J connectivity index is 1.36. The molecule has 0 aliphatic carbocycles. The molecule has 0 aliphatic rings. The molecule has 0 unspecified atom stereocenters. The number of hydrogen-bond acceptors (Lipinski definition) is 6. The van der Waals surface area contributed by atoms with Gasteiger partial charge in [0.05, 0.1) is 17.6 Å². The van der Waals surface area contributed by atoms with Gasteiger partial charge < -0.3 is 14.5 Å². The molecule has 162 valence electrons. The molecule has 4 aromatic rings. The van der Waals surface area contributed by atoms with E-state index in [2.05, 4.69) is 22.1 Å². The summed E-state index contributed by atoms with van der Waals surface area (Å²) in [5.74, 6) is 2.96. The number of nitrogens with one attached hydrogen (secondary N) is 1. The van der Waals surface area contributed by atoms with Gasteiger partial charge in [-0.25, -0.2) is 0 Å². The summed E-state index contributed by atoms with van der Waals surface area (Å²) in [6, 6.07) is 18.6. The number of thioether (sulfide) groups is 1. The van der Waals surface area contributed by atoms with Crippen LogP contribution in [0.15, 0.2) is 89.2 Å². The quantitative estimate of drug-likeness (QED) is 0.268. The van der Waals surface area contributed by atoms with Gasteiger partial charge in [0.25, 0.3) is 0 Å². The van der Waals surface area contributed by atoms with Crippen molar-refractivity contribution in [2.75, 3.05) is 11.1 Å². The van der Waals surface area contributed by atoms with Crippen LogP contribution in [0.1, 0.15) is 5.76 Å². The van der Waals surface area contributed by atoms with Crippen LogP contribution in [0.4, 0.5) is 5.69 Å². The molecule has 8 heteroatoms. The van der Waals surface area contributed by atoms with Crippen molar-refractivity contribution in [1.29, 1.82) is 0 Å². The predicted octanol–water partition coefficient (Wildman–Crippen LogP) is 5.56. The van der Waals surface area contributed by atoms with Crippen LogP contribution in [0.25, 0.3) is 11.4 Å². The third-order valence-electron chi connectivity index (χ3n) is 4.58. The summed E-state index contributed by atoms with van der Waals surface area (Å²) in [7, 11) is 0. The zero-order chi connectivity index (χ0) is 22.3. The number of rotatable bonds is 9. The van der Waals surface area contributed by atoms with Gasteiger partial charge in [-0.1, -0.05) is 36.0 Å². The van der Waals surface area contributed by atoms with Gasteiger partial charge in [-0.15, -0.1) is 16.8 Å². The highest BCUT2D eigenvalue weighted by Gasteiger charge is 2.17. The summed E-state index contributed by atoms with van der Waals surface area (Å²) in [4.78, 5) is 12.5. The number of aromatic nitrogens is 3. The third kappa shape index (κ3) is 5.09. The lowest BCUT2D eigenvalue weighted by Crippen LogP contribution is -2.14. The number of anilines is 1. The molecule has 0 spiro atoms. The van der Waals surface area contributed by atoms with E-state index in [-0.39, 0.29) is 11.7 Å². The Kier molecular flexibility index (Phi) is 6.72. The van der Waals surface area contributed by atoms with Gasteiger partial charge in [0.1, 0.15) is 17.3 Å². The summed E-state index contributed by atoms with van der Waals surface area (Å²) in [5.41, 5.74) is 1.56. The maximum atomic E-state index is 12.5. The SMILES string of the molecule is C=CCn1c(SCC(=O)Nc2ccc(Oc3ccccc3)cc2)nnc1-c1ccoc1C. The molecule has 0 aliphatic heterocycles. The van der Waals surface area contributed by atoms with Crippen LogP contribution in [0.2, 0.25) is 0 Å². The molecule has 4 rings (SSSR count). The van der Waals surface area contributed by atoms with E-state index < -0.39 is 0 Å². The normalized spacial score (nSPS) is 10.7. The van der Waals surface area contributed by atoms with Gasteiger partial charge in [-0.05, 0) is 49.4 Å². The van der Waals surface area contributed by atoms with Crippen LogP contribution in [0.5, 0.6) is 11.5 Å². The standard InChI is InChI=1S/C24H22N4O3S/c1-3-14-28-23(21-13-15-30-17(21)2)26-27-24(28)32-16-22(29)25-18-9-11-20(12-10-18)31-19-7-5-4-6-8-19/h3-13,15H,1,14,16H2,2H3,(H,25,29). The molecular weight excluding hydrogens is 424 g/mol. The van der Waals surface area contributed by atoms with Crippen molar-refractivity contribution < 1.29 is 13.9 Å². The van der Waals surface area contributed by atoms with Crippen molar-refractivity contribution in [2.24, 2.45) is 0 Å². The number of allylic oxidation sites excluding steroid dienone is 1. The molecule has 7 nitrogen and oxygen atoms in total. The largest absolute Gasteiger partial charge is 0.469 e. The molecule has 2 heterocycles. The summed E-state index contributed by atoms with van der Waals surface area (Å²) in [5, 5.41) is 12.1. The molecule has 2 aromatic heterocycles. The zero-order valence-electron chi connectivity index (χ0n) is 17.5. The van der Waals surface area contributed by atoms with Crippen LogP contribution in [-0.4, -0.2) is 26.4 Å². The van der Waals surface area contributed by atoms with Crippen LogP contribution in [-0.2, 0) is 11.3 Å². The highest BCUT2D eigenvalue weighted by atomic mass is 32.2. The van der Waals surface area contributed by atoms with Crippen molar-refractivity contribution in [3.8, 4) is 22.9 Å². The molecule has 0 saturated heterocycles. The van der Waals surface area contributed by atoms with Crippen LogP contribution in [0.3, 0.4) is 0 Å². The second-order valence-electron chi connectivity index (χ2n) is 6.87. The first-order valence-corrected chi connectivity index (χ1v) is 11.0. The summed E-state index contributed by atoms with van der Waals surface area (Å²) in [6.07, 6.45) is 3.39. The number of amides is 1. The lowest BCUT2D eigenvalue weighted by Gasteiger charge is -2.09. The lowest BCUT2D eigenvalue weighted by molar-refractivity contribution is -0.113. The Bertz CT molecular complexity index is 1200. The molecular formula is C24H22N4O3S. The van der Waals surface area contributed by atoms with Crippen molar-refractivity contribution in [3.05, 3.63) is 85.3 Å². The minimum absolute atomic E-state index is 0.138. The first kappa shape index (κ1) is 21.5. The second kappa shape index (κ2) is 10.0. The Labute approximate surface area is 190 Å². The monoisotopic (exact) mass is 446 g/mol. The average molecular weight is 447 g/mol. The number of furan rings is 1. The van der Waals surface area contributed by atoms with Crippen LogP contribution >= 0.6 is 11.8 Å². The molecule has 0 atom stereocenters. The summed E-state index contributed by atoms with van der Waals surface area (Å²) >= 11 is 1.32. The van der Waals surface area contributed by atoms with E-state index in [4.69, 9.17) is 9.15 Å². The maximum absolute atomic E-state index is 12.5. The fraction of sp³-hybridized carbons (Fsp3) is 0.125. The number of para-hydroxylation sites is 1. The Hall–Kier alpha value is -3.78. The lowest BCUT2D eigenvalue weighted by atomic mass is 10.2. The second-order valence-corrected chi connectivity index (χ2v) is 7.81. The number of carbonyl (C=O) groups excluding carboxylic acids is 1. The highest BCUT2D eigenvalue weighted by Crippen LogP contribution is 2.27. The fourth-order valence-electron chi connectivity index (χ4n) is 3.06. The van der Waals surface area contributed by atoms with Gasteiger partial charge in [-0.3, -0.25) is 9.36 Å². The third-order valence-corrected chi connectivity index (χ3v) is 5.54. The fourth-order valence-corrected chi connectivity index (χ4v) is 3.81. The number of ether oxygens (including phenoxy) is 1. The van der Waals surface area contributed by atoms with Crippen molar-refractivity contribution in [1.82, 2.24) is 14.8 Å². The van der Waals surface area contributed by atoms with E-state index >= 15 is 0 Å². The van der Waals surface area contributed by atoms with E-state index in [9.17, 15) is 4.79 Å². The first-order chi connectivity index (χ1) is 15.6. The van der Waals surface area contributed by atoms with Crippen molar-refractivity contribution >= 4 is 23.4 Å². The van der Waals surface area contributed by atoms with Crippen LogP contribution in [0, 0.1) is 6.92 Å². The van der Waals surface area contributed by atoms with Crippen molar-refractivity contribution in [2.45, 2.75) is 18.6 Å². The van der Waals surface area contributed by atoms with Gasteiger partial charge in [-0.2, -0.15) is 0 Å². The smallest absolute Gasteiger partial charge is 0.234 e. The van der Waals surface area contributed by atoms with Gasteiger partial charge >= 0.3 is 0 Å². The number of nitrogens with zero attached hydrogens (tertiary/aromatic N) is 3. The number of carbonyl (C=O) groups is 1. The number of benzene rings is 2. The van der Waals surface area contributed by atoms with Gasteiger partial charge in [0.15, 0.2) is 11.0 Å². The first-order valence-electron chi connectivity index (χ1n) is 9.98. The Morgan fingerprint density at radius 2 is 1.88 bits per heavy atom. The number of hydrogen-bond donors (Lipinski definition) is 1. The molecule has 0 fully saturated rings. The molecule has 32 heavy (non-hydrogen) atoms. The minimum Gasteiger partial charge on any atom is -0.469 e. The summed E-state index contributed by atoms with van der Waals surface area (Å²) in [6.45, 7) is 6.21. The van der Waals surface area contributed by atoms with Gasteiger partial charge in [0, 0.05) is 12.2 Å². The minimum atomic E-state index is -0.138. The van der Waals surface area contributed by atoms with Gasteiger partial charge in [0.2, 0.25) is 5.91 Å². The molecule has 1 N–H and O–H groups in total. The highest BCUT2D eigenvalue weighted by molar-refractivity contribution is 7.99. The topological polar surface area (TPSA) is 82.2 Å². The van der Waals surface area contributed by atoms with Crippen molar-refractivity contribution in [3.63, 3.8) is 0 Å².